The fraction of sp³-hybridized carbons (Fsp3) is 0.409. The van der Waals surface area contributed by atoms with Crippen molar-refractivity contribution in [2.45, 2.75) is 32.6 Å². The summed E-state index contributed by atoms with van der Waals surface area (Å²) in [4.78, 5) is 15.0. The first-order valence-corrected chi connectivity index (χ1v) is 10.2. The first kappa shape index (κ1) is 20.0. The molecule has 0 bridgehead atoms. The van der Waals surface area contributed by atoms with E-state index in [1.54, 1.807) is 12.1 Å². The van der Waals surface area contributed by atoms with Gasteiger partial charge in [0.05, 0.1) is 22.9 Å². The number of carbonyl (C=O) groups is 1. The van der Waals surface area contributed by atoms with Crippen molar-refractivity contribution < 1.29 is 19.0 Å². The van der Waals surface area contributed by atoms with Crippen molar-refractivity contribution in [2.24, 2.45) is 0 Å². The number of nitrogens with one attached hydrogen (secondary N) is 1. The molecule has 1 fully saturated rings. The molecule has 0 aliphatic carbocycles. The Kier molecular flexibility index (Phi) is 5.94. The Bertz CT molecular complexity index is 877. The lowest BCUT2D eigenvalue weighted by Gasteiger charge is -2.35. The highest BCUT2D eigenvalue weighted by atomic mass is 35.5. The number of hydrogen-bond donors (Lipinski definition) is 1. The van der Waals surface area contributed by atoms with E-state index in [1.807, 2.05) is 24.3 Å². The van der Waals surface area contributed by atoms with E-state index < -0.39 is 0 Å². The molecule has 1 amide bonds. The maximum absolute atomic E-state index is 12.7. The molecule has 1 saturated heterocycles. The van der Waals surface area contributed by atoms with Crippen LogP contribution in [0.2, 0.25) is 5.02 Å². The fourth-order valence-corrected chi connectivity index (χ4v) is 3.99. The number of amides is 1. The summed E-state index contributed by atoms with van der Waals surface area (Å²) < 4.78 is 16.8. The third-order valence-electron chi connectivity index (χ3n) is 5.00. The van der Waals surface area contributed by atoms with E-state index in [-0.39, 0.29) is 18.1 Å². The highest BCUT2D eigenvalue weighted by Gasteiger charge is 2.22. The zero-order valence-electron chi connectivity index (χ0n) is 16.6. The van der Waals surface area contributed by atoms with Gasteiger partial charge in [-0.15, -0.1) is 0 Å². The smallest absolute Gasteiger partial charge is 0.255 e. The Balaban J connectivity index is 1.41. The minimum atomic E-state index is -0.219. The Morgan fingerprint density at radius 3 is 2.34 bits per heavy atom. The first-order valence-electron chi connectivity index (χ1n) is 9.85. The van der Waals surface area contributed by atoms with E-state index in [0.717, 1.165) is 19.6 Å². The SMILES string of the molecule is C[C@H]1CN(Cc2ccc(C(=O)Nc3cc4c(cc3Cl)OCCO4)cc2)C[C@H](C)O1. The lowest BCUT2D eigenvalue weighted by molar-refractivity contribution is -0.0704. The predicted molar refractivity (Wildman–Crippen MR) is 112 cm³/mol. The molecule has 4 rings (SSSR count). The van der Waals surface area contributed by atoms with E-state index in [0.29, 0.717) is 41.0 Å². The molecule has 6 nitrogen and oxygen atoms in total. The van der Waals surface area contributed by atoms with Crippen molar-refractivity contribution in [2.75, 3.05) is 31.6 Å². The molecule has 2 heterocycles. The van der Waals surface area contributed by atoms with Gasteiger partial charge in [0, 0.05) is 37.3 Å². The number of morpholine rings is 1. The van der Waals surface area contributed by atoms with E-state index >= 15 is 0 Å². The van der Waals surface area contributed by atoms with Crippen LogP contribution in [0.4, 0.5) is 5.69 Å². The fourth-order valence-electron chi connectivity index (χ4n) is 3.79. The molecule has 2 aliphatic rings. The summed E-state index contributed by atoms with van der Waals surface area (Å²) in [6.07, 6.45) is 0.471. The second kappa shape index (κ2) is 8.61. The number of carbonyl (C=O) groups excluding carboxylic acids is 1. The minimum Gasteiger partial charge on any atom is -0.486 e. The highest BCUT2D eigenvalue weighted by Crippen LogP contribution is 2.38. The number of fused-ring (bicyclic) bond motifs is 1. The number of nitrogens with zero attached hydrogens (tertiary/aromatic N) is 1. The van der Waals surface area contributed by atoms with E-state index in [4.69, 9.17) is 25.8 Å². The van der Waals surface area contributed by atoms with Crippen LogP contribution in [0, 0.1) is 0 Å². The molecule has 2 atom stereocenters. The van der Waals surface area contributed by atoms with Gasteiger partial charge in [-0.3, -0.25) is 9.69 Å². The highest BCUT2D eigenvalue weighted by molar-refractivity contribution is 6.34. The summed E-state index contributed by atoms with van der Waals surface area (Å²) in [5, 5.41) is 3.27. The van der Waals surface area contributed by atoms with Gasteiger partial charge in [-0.25, -0.2) is 0 Å². The number of anilines is 1. The molecule has 0 unspecified atom stereocenters. The molecular weight excluding hydrogens is 392 g/mol. The van der Waals surface area contributed by atoms with E-state index in [1.165, 1.54) is 5.56 Å². The summed E-state index contributed by atoms with van der Waals surface area (Å²) in [6.45, 7) is 7.82. The van der Waals surface area contributed by atoms with Crippen LogP contribution in [0.25, 0.3) is 0 Å². The van der Waals surface area contributed by atoms with E-state index in [2.05, 4.69) is 24.1 Å². The molecule has 154 valence electrons. The molecule has 7 heteroatoms. The van der Waals surface area contributed by atoms with Gasteiger partial charge < -0.3 is 19.5 Å². The number of halogens is 1. The maximum Gasteiger partial charge on any atom is 0.255 e. The molecule has 2 aliphatic heterocycles. The molecule has 1 N–H and O–H groups in total. The van der Waals surface area contributed by atoms with Crippen molar-refractivity contribution in [3.8, 4) is 11.5 Å². The zero-order valence-corrected chi connectivity index (χ0v) is 17.4. The van der Waals surface area contributed by atoms with Gasteiger partial charge in [0.25, 0.3) is 5.91 Å². The number of hydrogen-bond acceptors (Lipinski definition) is 5. The lowest BCUT2D eigenvalue weighted by atomic mass is 10.1. The Labute approximate surface area is 175 Å². The lowest BCUT2D eigenvalue weighted by Crippen LogP contribution is -2.44. The maximum atomic E-state index is 12.7. The summed E-state index contributed by atoms with van der Waals surface area (Å²) in [7, 11) is 0. The van der Waals surface area contributed by atoms with Crippen molar-refractivity contribution in [1.29, 1.82) is 0 Å². The second-order valence-electron chi connectivity index (χ2n) is 7.58. The van der Waals surface area contributed by atoms with Gasteiger partial charge in [-0.2, -0.15) is 0 Å². The molecule has 0 radical (unpaired) electrons. The number of benzene rings is 2. The summed E-state index contributed by atoms with van der Waals surface area (Å²) >= 11 is 6.28. The Morgan fingerprint density at radius 1 is 1.07 bits per heavy atom. The van der Waals surface area contributed by atoms with E-state index in [9.17, 15) is 4.79 Å². The molecule has 0 saturated carbocycles. The topological polar surface area (TPSA) is 60.0 Å². The normalized spacial score (nSPS) is 21.6. The predicted octanol–water partition coefficient (Wildman–Crippen LogP) is 3.97. The Morgan fingerprint density at radius 2 is 1.69 bits per heavy atom. The second-order valence-corrected chi connectivity index (χ2v) is 7.99. The molecule has 0 spiro atoms. The van der Waals surface area contributed by atoms with Crippen molar-refractivity contribution in [3.63, 3.8) is 0 Å². The van der Waals surface area contributed by atoms with Gasteiger partial charge >= 0.3 is 0 Å². The zero-order chi connectivity index (χ0) is 20.4. The third kappa shape index (κ3) is 4.83. The average molecular weight is 417 g/mol. The van der Waals surface area contributed by atoms with Crippen LogP contribution in [0.1, 0.15) is 29.8 Å². The van der Waals surface area contributed by atoms with Crippen LogP contribution in [0.15, 0.2) is 36.4 Å². The van der Waals surface area contributed by atoms with Gasteiger partial charge in [0.1, 0.15) is 13.2 Å². The molecule has 2 aromatic carbocycles. The van der Waals surface area contributed by atoms with Crippen LogP contribution >= 0.6 is 11.6 Å². The number of ether oxygens (including phenoxy) is 3. The van der Waals surface area contributed by atoms with Crippen molar-refractivity contribution in [3.05, 3.63) is 52.5 Å². The van der Waals surface area contributed by atoms with Crippen LogP contribution < -0.4 is 14.8 Å². The van der Waals surface area contributed by atoms with Crippen molar-refractivity contribution >= 4 is 23.2 Å². The first-order chi connectivity index (χ1) is 14.0. The third-order valence-corrected chi connectivity index (χ3v) is 5.31. The monoisotopic (exact) mass is 416 g/mol. The van der Waals surface area contributed by atoms with Crippen LogP contribution in [0.5, 0.6) is 11.5 Å². The number of rotatable bonds is 4. The van der Waals surface area contributed by atoms with Gasteiger partial charge in [0.15, 0.2) is 11.5 Å². The molecule has 0 aromatic heterocycles. The van der Waals surface area contributed by atoms with Crippen molar-refractivity contribution in [1.82, 2.24) is 4.90 Å². The summed E-state index contributed by atoms with van der Waals surface area (Å²) in [5.41, 5.74) is 2.24. The Hall–Kier alpha value is -2.28. The van der Waals surface area contributed by atoms with Crippen LogP contribution in [0.3, 0.4) is 0 Å². The average Bonchev–Trinajstić information content (AvgIpc) is 2.68. The van der Waals surface area contributed by atoms with Gasteiger partial charge in [-0.05, 0) is 31.5 Å². The largest absolute Gasteiger partial charge is 0.486 e. The molecule has 2 aromatic rings. The quantitative estimate of drug-likeness (QED) is 0.817. The van der Waals surface area contributed by atoms with Crippen LogP contribution in [-0.4, -0.2) is 49.3 Å². The van der Waals surface area contributed by atoms with Crippen LogP contribution in [-0.2, 0) is 11.3 Å². The summed E-state index contributed by atoms with van der Waals surface area (Å²) in [5.74, 6) is 0.958. The molecular formula is C22H25ClN2O4. The molecule has 29 heavy (non-hydrogen) atoms. The van der Waals surface area contributed by atoms with Gasteiger partial charge in [-0.1, -0.05) is 23.7 Å². The summed E-state index contributed by atoms with van der Waals surface area (Å²) in [6, 6.07) is 11.0. The minimum absolute atomic E-state index is 0.219. The van der Waals surface area contributed by atoms with Gasteiger partial charge in [0.2, 0.25) is 0 Å². The standard InChI is InChI=1S/C22H25ClN2O4/c1-14-11-25(12-15(2)29-14)13-16-3-5-17(6-4-16)22(26)24-19-10-21-20(9-18(19)23)27-7-8-28-21/h3-6,9-10,14-15H,7-8,11-13H2,1-2H3,(H,24,26)/t14-,15-/m0/s1.